The van der Waals surface area contributed by atoms with Gasteiger partial charge in [0.15, 0.2) is 11.6 Å². The standard InChI is InChI=1S/C14H10O3S.C13H12O2S.C7H7Br.C7H8N2O2S.C7H4O3S.C6H4O2.2ClH/c15-14-17-12-7-6-11(8-13(12)18-14)16-9-10-4-2-1-3-5-10;14-12-7-6-11(8-13(12)16)15-9-10-4-2-1-3-5-10;8-6-7-4-2-1-3-5-7;8-7(9)12-6-3-4(10)1-2-5(6)11;8-4-1-2-5-6(3-4)11-7(9)10-5;7-5-1-2-6(8)4-3-5;;/h1-8H,9H2;1-8,14,16H,9H2;1-5H,6H2;1-3,10-11H,(H3,8,9);1-3,8H;1-4H;2*1H. The summed E-state index contributed by atoms with van der Waals surface area (Å²) >= 11 is 10.5. The Bertz CT molecular complexity index is 3370. The van der Waals surface area contributed by atoms with Gasteiger partial charge in [0, 0.05) is 34.1 Å². The second-order valence-corrected chi connectivity index (χ2v) is 18.7. The van der Waals surface area contributed by atoms with E-state index < -0.39 is 0 Å². The molecular formula is C54H47BrCl2N2O12S4. The minimum Gasteiger partial charge on any atom is -1.00 e. The second kappa shape index (κ2) is 32.8. The van der Waals surface area contributed by atoms with E-state index in [0.29, 0.717) is 44.6 Å². The van der Waals surface area contributed by atoms with Gasteiger partial charge in [0.2, 0.25) is 0 Å². The fourth-order valence-electron chi connectivity index (χ4n) is 5.60. The van der Waals surface area contributed by atoms with E-state index in [1.807, 2.05) is 84.9 Å². The molecule has 0 aliphatic heterocycles. The van der Waals surface area contributed by atoms with E-state index in [1.165, 1.54) is 60.2 Å². The molecule has 2 heterocycles. The zero-order valence-electron chi connectivity index (χ0n) is 39.1. The Morgan fingerprint density at radius 1 is 0.573 bits per heavy atom. The lowest BCUT2D eigenvalue weighted by Crippen LogP contribution is -3.00. The predicted octanol–water partition coefficient (Wildman–Crippen LogP) is 7.78. The molecule has 10 rings (SSSR count). The third-order valence-electron chi connectivity index (χ3n) is 9.05. The topological polar surface area (TPSA) is 246 Å². The Labute approximate surface area is 468 Å². The van der Waals surface area contributed by atoms with Crippen molar-refractivity contribution in [1.29, 1.82) is 0 Å². The molecule has 390 valence electrons. The third-order valence-corrected chi connectivity index (χ3v) is 12.4. The molecule has 2 aromatic heterocycles. The van der Waals surface area contributed by atoms with Crippen molar-refractivity contribution in [1.82, 2.24) is 0 Å². The Morgan fingerprint density at radius 2 is 0.987 bits per heavy atom. The van der Waals surface area contributed by atoms with Crippen molar-refractivity contribution in [3.05, 3.63) is 224 Å². The molecule has 0 unspecified atom stereocenters. The summed E-state index contributed by atoms with van der Waals surface area (Å²) < 4.78 is 22.5. The van der Waals surface area contributed by atoms with Crippen molar-refractivity contribution >= 4 is 113 Å². The summed E-state index contributed by atoms with van der Waals surface area (Å²) in [6, 6.07) is 49.2. The highest BCUT2D eigenvalue weighted by molar-refractivity contribution is 9.08. The van der Waals surface area contributed by atoms with E-state index in [4.69, 9.17) is 39.7 Å². The highest BCUT2D eigenvalue weighted by atomic mass is 79.9. The van der Waals surface area contributed by atoms with Gasteiger partial charge < -0.3 is 51.1 Å². The van der Waals surface area contributed by atoms with Gasteiger partial charge in [-0.3, -0.25) is 20.7 Å². The number of hydrogen-bond donors (Lipinski definition) is 7. The zero-order chi connectivity index (χ0) is 52.5. The number of allylic oxidation sites excluding steroid dienone is 4. The van der Waals surface area contributed by atoms with Crippen LogP contribution in [0.25, 0.3) is 20.6 Å². The van der Waals surface area contributed by atoms with Crippen LogP contribution in [0.15, 0.2) is 216 Å². The Hall–Kier alpha value is -7.23. The van der Waals surface area contributed by atoms with Crippen molar-refractivity contribution in [2.45, 2.75) is 28.3 Å². The molecule has 0 bridgehead atoms. The number of nitrogens with two attached hydrogens (primary N) is 2. The molecule has 0 amide bonds. The summed E-state index contributed by atoms with van der Waals surface area (Å²) in [6.07, 6.45) is 5.01. The van der Waals surface area contributed by atoms with Crippen LogP contribution in [0, 0.1) is 0 Å². The maximum Gasteiger partial charge on any atom is 0.396 e. The van der Waals surface area contributed by atoms with Crippen molar-refractivity contribution in [3.8, 4) is 34.5 Å². The highest BCUT2D eigenvalue weighted by Gasteiger charge is 2.08. The fourth-order valence-corrected chi connectivity index (χ4v) is 8.18. The average molecular weight is 1200 g/mol. The van der Waals surface area contributed by atoms with E-state index in [1.54, 1.807) is 36.4 Å². The molecule has 0 spiro atoms. The van der Waals surface area contributed by atoms with Crippen LogP contribution in [0.2, 0.25) is 0 Å². The number of benzene rings is 7. The van der Waals surface area contributed by atoms with E-state index in [-0.39, 0.29) is 74.4 Å². The molecule has 21 heteroatoms. The Balaban J connectivity index is 0.000000242. The van der Waals surface area contributed by atoms with Crippen molar-refractivity contribution in [2.75, 3.05) is 0 Å². The minimum atomic E-state index is -0.342. The van der Waals surface area contributed by atoms with Gasteiger partial charge in [-0.2, -0.15) is 0 Å². The number of thioether (sulfide) groups is 1. The molecule has 0 fully saturated rings. The molecule has 1 aliphatic carbocycles. The molecule has 75 heavy (non-hydrogen) atoms. The summed E-state index contributed by atoms with van der Waals surface area (Å²) in [6.45, 7) is 1.03. The van der Waals surface area contributed by atoms with Crippen LogP contribution in [0.3, 0.4) is 0 Å². The first kappa shape index (κ1) is 62.1. The minimum absolute atomic E-state index is 0. The molecule has 9 aromatic rings. The highest BCUT2D eigenvalue weighted by Crippen LogP contribution is 2.31. The van der Waals surface area contributed by atoms with Crippen LogP contribution in [-0.4, -0.2) is 37.2 Å². The lowest BCUT2D eigenvalue weighted by molar-refractivity contribution is -0.113. The SMILES string of the molecule is BrCc1ccccc1.Cl.NC(=[NH2+])Sc1cc(O)ccc1O.O=C1C=CC(=O)C=C1.O=c1oc2ccc(O)cc2s1.O=c1oc2ccc(OCc3ccccc3)cc2s1.Oc1ccc(OCc2ccccc2)cc1S.[Cl-]. The number of ether oxygens (including phenoxy) is 2. The maximum atomic E-state index is 11.1. The number of halogens is 3. The fraction of sp³-hybridized carbons (Fsp3) is 0.0556. The lowest BCUT2D eigenvalue weighted by atomic mass is 10.2. The first-order valence-electron chi connectivity index (χ1n) is 21.4. The number of alkyl halides is 1. The van der Waals surface area contributed by atoms with Gasteiger partial charge in [0.25, 0.3) is 0 Å². The summed E-state index contributed by atoms with van der Waals surface area (Å²) in [4.78, 5) is 42.7. The van der Waals surface area contributed by atoms with Gasteiger partial charge in [0.05, 0.1) is 14.3 Å². The van der Waals surface area contributed by atoms with Gasteiger partial charge in [-0.1, -0.05) is 130 Å². The van der Waals surface area contributed by atoms with Crippen LogP contribution >= 0.6 is 75.4 Å². The maximum absolute atomic E-state index is 11.1. The molecule has 14 nitrogen and oxygen atoms in total. The van der Waals surface area contributed by atoms with E-state index >= 15 is 0 Å². The van der Waals surface area contributed by atoms with Crippen molar-refractivity contribution in [3.63, 3.8) is 0 Å². The number of carbonyl (C=O) groups is 2. The third kappa shape index (κ3) is 22.8. The molecular weight excluding hydrogens is 1150 g/mol. The number of amidine groups is 1. The number of phenolic OH excluding ortho intramolecular Hbond substituents is 4. The quantitative estimate of drug-likeness (QED) is 0.0146. The van der Waals surface area contributed by atoms with Gasteiger partial charge in [-0.15, -0.1) is 25.0 Å². The van der Waals surface area contributed by atoms with Gasteiger partial charge >= 0.3 is 15.0 Å². The first-order chi connectivity index (χ1) is 35.1. The zero-order valence-corrected chi connectivity index (χ0v) is 45.6. The largest absolute Gasteiger partial charge is 1.00 e. The Morgan fingerprint density at radius 3 is 1.45 bits per heavy atom. The summed E-state index contributed by atoms with van der Waals surface area (Å²) in [7, 11) is 0. The van der Waals surface area contributed by atoms with Crippen LogP contribution in [0.1, 0.15) is 16.7 Å². The Kier molecular flexibility index (Phi) is 27.2. The summed E-state index contributed by atoms with van der Waals surface area (Å²) in [5.74, 6) is 1.62. The summed E-state index contributed by atoms with van der Waals surface area (Å²) in [5.41, 5.74) is 9.89. The predicted molar refractivity (Wildman–Crippen MR) is 301 cm³/mol. The lowest BCUT2D eigenvalue weighted by Gasteiger charge is -2.07. The number of fused-ring (bicyclic) bond motifs is 2. The molecule has 0 atom stereocenters. The number of hydrogen-bond acceptors (Lipinski definition) is 16. The number of carbonyl (C=O) groups excluding carboxylic acids is 2. The molecule has 1 aliphatic rings. The normalized spacial score (nSPS) is 10.6. The van der Waals surface area contributed by atoms with E-state index in [9.17, 15) is 29.4 Å². The van der Waals surface area contributed by atoms with Gasteiger partial charge in [-0.25, -0.2) is 9.59 Å². The van der Waals surface area contributed by atoms with E-state index in [2.05, 4.69) is 40.7 Å². The van der Waals surface area contributed by atoms with E-state index in [0.717, 1.165) is 61.3 Å². The molecule has 0 saturated heterocycles. The average Bonchev–Trinajstić information content (AvgIpc) is 3.97. The number of aromatic hydroxyl groups is 4. The van der Waals surface area contributed by atoms with Crippen LogP contribution < -0.4 is 42.9 Å². The van der Waals surface area contributed by atoms with Crippen molar-refractivity contribution in [2.24, 2.45) is 5.73 Å². The van der Waals surface area contributed by atoms with Crippen LogP contribution in [0.4, 0.5) is 0 Å². The molecule has 8 N–H and O–H groups in total. The number of ketones is 2. The monoisotopic (exact) mass is 1190 g/mol. The van der Waals surface area contributed by atoms with Gasteiger partial charge in [-0.05, 0) is 102 Å². The molecule has 0 saturated carbocycles. The van der Waals surface area contributed by atoms with Crippen LogP contribution in [0.5, 0.6) is 34.5 Å². The summed E-state index contributed by atoms with van der Waals surface area (Å²) in [5, 5.41) is 42.8. The number of phenols is 4. The molecule has 0 radical (unpaired) electrons. The number of thiol groups is 1. The van der Waals surface area contributed by atoms with Crippen LogP contribution in [-0.2, 0) is 28.1 Å². The number of rotatable bonds is 8. The smallest absolute Gasteiger partial charge is 0.396 e. The molecule has 7 aromatic carbocycles. The second-order valence-electron chi connectivity index (χ2n) is 14.6. The van der Waals surface area contributed by atoms with Crippen molar-refractivity contribution < 1.29 is 66.1 Å². The van der Waals surface area contributed by atoms with Gasteiger partial charge in [0.1, 0.15) is 58.9 Å². The first-order valence-corrected chi connectivity index (χ1v) is 25.4.